The Morgan fingerprint density at radius 3 is 2.31 bits per heavy atom. The van der Waals surface area contributed by atoms with Gasteiger partial charge in [-0.05, 0) is 35.9 Å². The Morgan fingerprint density at radius 2 is 1.54 bits per heavy atom. The number of aromatic nitrogens is 4. The zero-order valence-electron chi connectivity index (χ0n) is 18.8. The van der Waals surface area contributed by atoms with Crippen molar-refractivity contribution >= 4 is 17.3 Å². The van der Waals surface area contributed by atoms with Crippen LogP contribution < -0.4 is 4.90 Å². The van der Waals surface area contributed by atoms with Crippen LogP contribution in [0.3, 0.4) is 0 Å². The summed E-state index contributed by atoms with van der Waals surface area (Å²) in [5.41, 5.74) is 3.77. The fourth-order valence-corrected chi connectivity index (χ4v) is 4.12. The fraction of sp³-hybridized carbons (Fsp3) is 0.231. The van der Waals surface area contributed by atoms with Gasteiger partial charge >= 0.3 is 0 Å². The maximum Gasteiger partial charge on any atom is 0.162 e. The van der Waals surface area contributed by atoms with Gasteiger partial charge in [0, 0.05) is 50.1 Å². The lowest BCUT2D eigenvalue weighted by atomic mass is 10.1. The fourth-order valence-electron chi connectivity index (χ4n) is 3.96. The van der Waals surface area contributed by atoms with Crippen molar-refractivity contribution in [2.45, 2.75) is 12.8 Å². The van der Waals surface area contributed by atoms with Crippen molar-refractivity contribution in [1.29, 1.82) is 0 Å². The van der Waals surface area contributed by atoms with Crippen molar-refractivity contribution in [2.24, 2.45) is 0 Å². The molecule has 2 aromatic carbocycles. The van der Waals surface area contributed by atoms with E-state index in [1.807, 2.05) is 6.07 Å². The molecule has 1 aliphatic rings. The number of morpholine rings is 1. The molecular formula is C26H22ClF2N5O. The minimum Gasteiger partial charge on any atom is -0.378 e. The second-order valence-corrected chi connectivity index (χ2v) is 8.61. The minimum atomic E-state index is -0.826. The summed E-state index contributed by atoms with van der Waals surface area (Å²) < 4.78 is 33.2. The molecule has 1 saturated heterocycles. The summed E-state index contributed by atoms with van der Waals surface area (Å²) in [7, 11) is 0. The van der Waals surface area contributed by atoms with Gasteiger partial charge < -0.3 is 9.64 Å². The largest absolute Gasteiger partial charge is 0.378 e. The Morgan fingerprint density at radius 1 is 0.829 bits per heavy atom. The normalized spacial score (nSPS) is 13.7. The first-order valence-electron chi connectivity index (χ1n) is 11.2. The van der Waals surface area contributed by atoms with Crippen LogP contribution >= 0.6 is 11.6 Å². The maximum atomic E-state index is 14.3. The molecule has 0 atom stereocenters. The highest BCUT2D eigenvalue weighted by molar-refractivity contribution is 6.31. The average Bonchev–Trinajstić information content (AvgIpc) is 2.88. The SMILES string of the molecule is Fc1cc(F)c(-c2nccc(Cc3ccnc(Cc4ccc(N5CCOCC5)cc4)n3)n2)cc1Cl. The molecule has 0 spiro atoms. The molecule has 0 saturated carbocycles. The van der Waals surface area contributed by atoms with Gasteiger partial charge in [-0.1, -0.05) is 23.7 Å². The Labute approximate surface area is 206 Å². The summed E-state index contributed by atoms with van der Waals surface area (Å²) >= 11 is 5.82. The Balaban J connectivity index is 1.29. The highest BCUT2D eigenvalue weighted by atomic mass is 35.5. The van der Waals surface area contributed by atoms with Crippen molar-refractivity contribution in [2.75, 3.05) is 31.2 Å². The first-order chi connectivity index (χ1) is 17.0. The number of halogens is 3. The van der Waals surface area contributed by atoms with E-state index in [0.29, 0.717) is 24.4 Å². The van der Waals surface area contributed by atoms with Crippen molar-refractivity contribution in [3.8, 4) is 11.4 Å². The predicted octanol–water partition coefficient (Wildman–Crippen LogP) is 4.88. The molecule has 0 amide bonds. The Hall–Kier alpha value is -3.49. The van der Waals surface area contributed by atoms with Crippen molar-refractivity contribution < 1.29 is 13.5 Å². The molecule has 35 heavy (non-hydrogen) atoms. The first-order valence-corrected chi connectivity index (χ1v) is 11.6. The number of rotatable bonds is 6. The number of hydrogen-bond acceptors (Lipinski definition) is 6. The van der Waals surface area contributed by atoms with Crippen LogP contribution in [-0.2, 0) is 17.6 Å². The smallest absolute Gasteiger partial charge is 0.162 e. The van der Waals surface area contributed by atoms with Crippen LogP contribution in [0.1, 0.15) is 22.8 Å². The van der Waals surface area contributed by atoms with E-state index in [2.05, 4.69) is 49.1 Å². The Bertz CT molecular complexity index is 1330. The van der Waals surface area contributed by atoms with Crippen molar-refractivity contribution in [3.63, 3.8) is 0 Å². The van der Waals surface area contributed by atoms with Crippen LogP contribution in [0.2, 0.25) is 5.02 Å². The van der Waals surface area contributed by atoms with E-state index in [0.717, 1.165) is 43.6 Å². The van der Waals surface area contributed by atoms with E-state index in [-0.39, 0.29) is 16.4 Å². The van der Waals surface area contributed by atoms with E-state index < -0.39 is 11.6 Å². The summed E-state index contributed by atoms with van der Waals surface area (Å²) in [6, 6.07) is 13.9. The molecule has 5 rings (SSSR count). The first kappa shape index (κ1) is 23.3. The van der Waals surface area contributed by atoms with Crippen LogP contribution in [-0.4, -0.2) is 46.2 Å². The number of hydrogen-bond donors (Lipinski definition) is 0. The molecule has 9 heteroatoms. The number of nitrogens with zero attached hydrogens (tertiary/aromatic N) is 5. The molecule has 2 aromatic heterocycles. The van der Waals surface area contributed by atoms with Crippen molar-refractivity contribution in [1.82, 2.24) is 19.9 Å². The van der Waals surface area contributed by atoms with Crippen molar-refractivity contribution in [3.05, 3.63) is 100 Å². The minimum absolute atomic E-state index is 0.0437. The summed E-state index contributed by atoms with van der Waals surface area (Å²) in [6.07, 6.45) is 4.27. The van der Waals surface area contributed by atoms with Gasteiger partial charge in [0.15, 0.2) is 5.82 Å². The molecule has 6 nitrogen and oxygen atoms in total. The van der Waals surface area contributed by atoms with Gasteiger partial charge in [0.1, 0.15) is 17.5 Å². The molecule has 1 fully saturated rings. The van der Waals surface area contributed by atoms with E-state index in [4.69, 9.17) is 16.3 Å². The highest BCUT2D eigenvalue weighted by Crippen LogP contribution is 2.26. The molecule has 178 valence electrons. The van der Waals surface area contributed by atoms with Crippen LogP contribution in [0.15, 0.2) is 60.9 Å². The second kappa shape index (κ2) is 10.4. The standard InChI is InChI=1S/C26H22ClF2N5O/c27-22-15-21(23(28)16-24(22)29)26-31-8-6-19(33-26)14-18-5-7-30-25(32-18)13-17-1-3-20(4-2-17)34-9-11-35-12-10-34/h1-8,15-16H,9-14H2. The number of anilines is 1. The van der Waals surface area contributed by atoms with E-state index in [9.17, 15) is 8.78 Å². The van der Waals surface area contributed by atoms with E-state index in [1.165, 1.54) is 18.0 Å². The summed E-state index contributed by atoms with van der Waals surface area (Å²) in [4.78, 5) is 20.0. The highest BCUT2D eigenvalue weighted by Gasteiger charge is 2.14. The molecule has 0 aliphatic carbocycles. The van der Waals surface area contributed by atoms with Crippen LogP contribution in [0.4, 0.5) is 14.5 Å². The lowest BCUT2D eigenvalue weighted by Crippen LogP contribution is -2.36. The Kier molecular flexibility index (Phi) is 6.92. The zero-order chi connectivity index (χ0) is 24.2. The second-order valence-electron chi connectivity index (χ2n) is 8.20. The molecule has 3 heterocycles. The third-order valence-electron chi connectivity index (χ3n) is 5.76. The van der Waals surface area contributed by atoms with Gasteiger partial charge in [0.2, 0.25) is 0 Å². The van der Waals surface area contributed by atoms with Gasteiger partial charge in [-0.2, -0.15) is 0 Å². The average molecular weight is 494 g/mol. The molecule has 0 radical (unpaired) electrons. The molecular weight excluding hydrogens is 472 g/mol. The number of ether oxygens (including phenoxy) is 1. The van der Waals surface area contributed by atoms with Gasteiger partial charge in [-0.15, -0.1) is 0 Å². The van der Waals surface area contributed by atoms with Gasteiger partial charge in [0.05, 0.1) is 35.2 Å². The van der Waals surface area contributed by atoms with Gasteiger partial charge in [-0.3, -0.25) is 0 Å². The summed E-state index contributed by atoms with van der Waals surface area (Å²) in [5, 5.41) is -0.186. The zero-order valence-corrected chi connectivity index (χ0v) is 19.6. The lowest BCUT2D eigenvalue weighted by Gasteiger charge is -2.28. The monoisotopic (exact) mass is 493 g/mol. The predicted molar refractivity (Wildman–Crippen MR) is 130 cm³/mol. The number of benzene rings is 2. The lowest BCUT2D eigenvalue weighted by molar-refractivity contribution is 0.122. The third-order valence-corrected chi connectivity index (χ3v) is 6.05. The summed E-state index contributed by atoms with van der Waals surface area (Å²) in [5.74, 6) is -0.759. The quantitative estimate of drug-likeness (QED) is 0.357. The third kappa shape index (κ3) is 5.61. The molecule has 0 N–H and O–H groups in total. The van der Waals surface area contributed by atoms with Crippen LogP contribution in [0, 0.1) is 11.6 Å². The van der Waals surface area contributed by atoms with Crippen LogP contribution in [0.25, 0.3) is 11.4 Å². The summed E-state index contributed by atoms with van der Waals surface area (Å²) in [6.45, 7) is 3.30. The van der Waals surface area contributed by atoms with E-state index in [1.54, 1.807) is 12.3 Å². The molecule has 4 aromatic rings. The molecule has 0 unspecified atom stereocenters. The molecule has 0 bridgehead atoms. The van der Waals surface area contributed by atoms with Crippen LogP contribution in [0.5, 0.6) is 0 Å². The van der Waals surface area contributed by atoms with Gasteiger partial charge in [-0.25, -0.2) is 28.7 Å². The molecule has 1 aliphatic heterocycles. The topological polar surface area (TPSA) is 64.0 Å². The maximum absolute atomic E-state index is 14.3. The van der Waals surface area contributed by atoms with Gasteiger partial charge in [0.25, 0.3) is 0 Å². The van der Waals surface area contributed by atoms with E-state index >= 15 is 0 Å².